The van der Waals surface area contributed by atoms with Crippen LogP contribution in [-0.4, -0.2) is 89.3 Å². The molecule has 0 aliphatic carbocycles. The molecule has 14 nitrogen and oxygen atoms in total. The number of nitrogens with one attached hydrogen (secondary N) is 4. The minimum Gasteiger partial charge on any atom is -0.479 e. The first-order valence-electron chi connectivity index (χ1n) is 15.6. The standard InChI is InChI=1S/C32H43N5O9/c1-20(2)19-46-32(45)35-23-15-10-5-3-4-9-14-22(34-28(40)24-16-11-17-37(24)30(23)42)27(39)29(41)33-18-25(38)36-26(31(43)44)21-12-7-6-8-13-21/h3,5-8,12-13,20,22-24,26H,4,9-11,14-19H2,1-2H3,(H,33,41)(H,34,40)(H,35,45)(H,36,38)(H,43,44)/b5-3+/t22?,23-,24-,26-/m0/s1. The Morgan fingerprint density at radius 1 is 1.00 bits per heavy atom. The van der Waals surface area contributed by atoms with Crippen LogP contribution >= 0.6 is 0 Å². The van der Waals surface area contributed by atoms with Crippen LogP contribution in [0.25, 0.3) is 0 Å². The number of benzene rings is 1. The van der Waals surface area contributed by atoms with Gasteiger partial charge in [-0.3, -0.25) is 24.0 Å². The second-order valence-corrected chi connectivity index (χ2v) is 11.7. The molecule has 0 radical (unpaired) electrons. The largest absolute Gasteiger partial charge is 0.479 e. The van der Waals surface area contributed by atoms with Crippen LogP contribution < -0.4 is 21.3 Å². The molecule has 0 saturated carbocycles. The molecule has 2 aliphatic rings. The number of nitrogens with zero attached hydrogens (tertiary/aromatic N) is 1. The first kappa shape index (κ1) is 35.7. The fourth-order valence-corrected chi connectivity index (χ4v) is 5.21. The number of carbonyl (C=O) groups excluding carboxylic acids is 6. The van der Waals surface area contributed by atoms with Crippen LogP contribution in [0, 0.1) is 5.92 Å². The third-order valence-corrected chi connectivity index (χ3v) is 7.58. The zero-order chi connectivity index (χ0) is 33.6. The summed E-state index contributed by atoms with van der Waals surface area (Å²) in [6.45, 7) is 3.58. The number of alkyl carbamates (subject to hydrolysis) is 1. The van der Waals surface area contributed by atoms with Crippen molar-refractivity contribution in [3.63, 3.8) is 0 Å². The lowest BCUT2D eigenvalue weighted by Crippen LogP contribution is -2.56. The highest BCUT2D eigenvalue weighted by molar-refractivity contribution is 6.38. The molecule has 5 N–H and O–H groups in total. The van der Waals surface area contributed by atoms with Crippen molar-refractivity contribution < 1.29 is 43.4 Å². The number of Topliss-reactive ketones (excluding diaryl/α,β-unsaturated/α-hetero) is 1. The van der Waals surface area contributed by atoms with Gasteiger partial charge < -0.3 is 36.0 Å². The van der Waals surface area contributed by atoms with E-state index in [1.54, 1.807) is 18.2 Å². The van der Waals surface area contributed by atoms with Crippen molar-refractivity contribution in [2.24, 2.45) is 5.92 Å². The number of carbonyl (C=O) groups is 7. The van der Waals surface area contributed by atoms with Crippen LogP contribution in [0.15, 0.2) is 42.5 Å². The Balaban J connectivity index is 1.66. The summed E-state index contributed by atoms with van der Waals surface area (Å²) in [6.07, 6.45) is 5.78. The predicted molar refractivity (Wildman–Crippen MR) is 165 cm³/mol. The van der Waals surface area contributed by atoms with E-state index in [9.17, 15) is 38.7 Å². The van der Waals surface area contributed by atoms with E-state index in [2.05, 4.69) is 21.3 Å². The number of aliphatic carboxylic acids is 1. The molecule has 5 amide bonds. The van der Waals surface area contributed by atoms with Crippen molar-refractivity contribution in [1.82, 2.24) is 26.2 Å². The van der Waals surface area contributed by atoms with E-state index < -0.39 is 72.2 Å². The zero-order valence-corrected chi connectivity index (χ0v) is 26.2. The molecule has 3 rings (SSSR count). The Bertz CT molecular complexity index is 1300. The monoisotopic (exact) mass is 641 g/mol. The van der Waals surface area contributed by atoms with Gasteiger partial charge >= 0.3 is 12.1 Å². The third-order valence-electron chi connectivity index (χ3n) is 7.58. The van der Waals surface area contributed by atoms with Gasteiger partial charge in [-0.05, 0) is 56.4 Å². The van der Waals surface area contributed by atoms with Gasteiger partial charge in [0.2, 0.25) is 23.5 Å². The molecular weight excluding hydrogens is 598 g/mol. The Hall–Kier alpha value is -4.75. The van der Waals surface area contributed by atoms with Crippen molar-refractivity contribution in [2.75, 3.05) is 19.7 Å². The van der Waals surface area contributed by atoms with E-state index in [0.717, 1.165) is 0 Å². The van der Waals surface area contributed by atoms with Gasteiger partial charge in [-0.15, -0.1) is 0 Å². The molecule has 0 bridgehead atoms. The van der Waals surface area contributed by atoms with E-state index in [1.807, 2.05) is 26.0 Å². The number of hydrogen-bond acceptors (Lipinski definition) is 8. The van der Waals surface area contributed by atoms with Crippen molar-refractivity contribution in [2.45, 2.75) is 83.0 Å². The van der Waals surface area contributed by atoms with Gasteiger partial charge in [-0.25, -0.2) is 9.59 Å². The summed E-state index contributed by atoms with van der Waals surface area (Å²) in [4.78, 5) is 90.8. The fourth-order valence-electron chi connectivity index (χ4n) is 5.21. The molecule has 2 aliphatic heterocycles. The molecule has 1 aromatic rings. The number of carboxylic acid groups (broad SMARTS) is 1. The highest BCUT2D eigenvalue weighted by Crippen LogP contribution is 2.21. The van der Waals surface area contributed by atoms with Crippen LogP contribution in [0.1, 0.15) is 70.4 Å². The van der Waals surface area contributed by atoms with E-state index in [0.29, 0.717) is 44.1 Å². The van der Waals surface area contributed by atoms with Gasteiger partial charge in [0.1, 0.15) is 12.1 Å². The number of fused-ring (bicyclic) bond motifs is 1. The van der Waals surface area contributed by atoms with E-state index in [1.165, 1.54) is 17.0 Å². The summed E-state index contributed by atoms with van der Waals surface area (Å²) in [7, 11) is 0. The molecular formula is C32H43N5O9. The summed E-state index contributed by atoms with van der Waals surface area (Å²) in [6, 6.07) is 3.60. The topological polar surface area (TPSA) is 200 Å². The summed E-state index contributed by atoms with van der Waals surface area (Å²) < 4.78 is 5.20. The SMILES string of the molecule is CC(C)COC(=O)N[C@H]1CC/C=C/CCCC(C(=O)C(=O)NCC(=O)N[C@H](C(=O)O)c2ccccc2)NC(=O)[C@@H]2CCCN2C1=O. The van der Waals surface area contributed by atoms with Gasteiger partial charge in [0, 0.05) is 6.54 Å². The molecule has 14 heteroatoms. The quantitative estimate of drug-likeness (QED) is 0.185. The molecule has 1 fully saturated rings. The summed E-state index contributed by atoms with van der Waals surface area (Å²) in [5, 5.41) is 19.3. The van der Waals surface area contributed by atoms with Crippen LogP contribution in [-0.2, 0) is 33.5 Å². The normalized spacial score (nSPS) is 22.0. The van der Waals surface area contributed by atoms with Crippen molar-refractivity contribution in [3.05, 3.63) is 48.0 Å². The summed E-state index contributed by atoms with van der Waals surface area (Å²) in [5.74, 6) is -5.15. The van der Waals surface area contributed by atoms with Crippen LogP contribution in [0.3, 0.4) is 0 Å². The van der Waals surface area contributed by atoms with Gasteiger partial charge in [-0.2, -0.15) is 0 Å². The Labute approximate surface area is 267 Å². The first-order chi connectivity index (χ1) is 22.0. The maximum absolute atomic E-state index is 13.5. The number of hydrogen-bond donors (Lipinski definition) is 5. The lowest BCUT2D eigenvalue weighted by atomic mass is 10.0. The van der Waals surface area contributed by atoms with Gasteiger partial charge in [0.25, 0.3) is 5.91 Å². The first-order valence-corrected chi connectivity index (χ1v) is 15.6. The molecule has 250 valence electrons. The number of carboxylic acids is 1. The molecule has 0 aromatic heterocycles. The minimum atomic E-state index is -1.36. The van der Waals surface area contributed by atoms with Crippen LogP contribution in [0.2, 0.25) is 0 Å². The Morgan fingerprint density at radius 3 is 2.41 bits per heavy atom. The summed E-state index contributed by atoms with van der Waals surface area (Å²) in [5.41, 5.74) is 0.329. The van der Waals surface area contributed by atoms with Gasteiger partial charge in [-0.1, -0.05) is 56.3 Å². The van der Waals surface area contributed by atoms with E-state index >= 15 is 0 Å². The van der Waals surface area contributed by atoms with Crippen molar-refractivity contribution in [1.29, 1.82) is 0 Å². The second kappa shape index (κ2) is 17.7. The zero-order valence-electron chi connectivity index (χ0n) is 26.2. The number of ketones is 1. The molecule has 4 atom stereocenters. The van der Waals surface area contributed by atoms with Gasteiger partial charge in [0.15, 0.2) is 6.04 Å². The lowest BCUT2D eigenvalue weighted by molar-refractivity contribution is -0.143. The highest BCUT2D eigenvalue weighted by Gasteiger charge is 2.39. The second-order valence-electron chi connectivity index (χ2n) is 11.7. The maximum atomic E-state index is 13.5. The maximum Gasteiger partial charge on any atom is 0.407 e. The fraction of sp³-hybridized carbons (Fsp3) is 0.531. The average Bonchev–Trinajstić information content (AvgIpc) is 3.53. The van der Waals surface area contributed by atoms with Crippen LogP contribution in [0.4, 0.5) is 4.79 Å². The van der Waals surface area contributed by atoms with Gasteiger partial charge in [0.05, 0.1) is 19.2 Å². The third kappa shape index (κ3) is 10.7. The van der Waals surface area contributed by atoms with Crippen LogP contribution in [0.5, 0.6) is 0 Å². The molecule has 1 saturated heterocycles. The molecule has 1 aromatic carbocycles. The lowest BCUT2D eigenvalue weighted by Gasteiger charge is -2.29. The Morgan fingerprint density at radius 2 is 1.72 bits per heavy atom. The smallest absolute Gasteiger partial charge is 0.407 e. The number of allylic oxidation sites excluding steroid dienone is 2. The molecule has 0 spiro atoms. The van der Waals surface area contributed by atoms with E-state index in [4.69, 9.17) is 4.74 Å². The Kier molecular flexibility index (Phi) is 13.7. The number of rotatable bonds is 10. The predicted octanol–water partition coefficient (Wildman–Crippen LogP) is 1.36. The van der Waals surface area contributed by atoms with Crippen molar-refractivity contribution in [3.8, 4) is 0 Å². The molecule has 1 unspecified atom stereocenters. The molecule has 2 heterocycles. The van der Waals surface area contributed by atoms with E-state index in [-0.39, 0.29) is 25.5 Å². The average molecular weight is 642 g/mol. The number of ether oxygens (including phenoxy) is 1. The summed E-state index contributed by atoms with van der Waals surface area (Å²) >= 11 is 0. The number of amides is 5. The van der Waals surface area contributed by atoms with Crippen molar-refractivity contribution >= 4 is 41.5 Å². The highest BCUT2D eigenvalue weighted by atomic mass is 16.5. The molecule has 46 heavy (non-hydrogen) atoms. The minimum absolute atomic E-state index is 0.110.